The Balaban J connectivity index is 2.46. The maximum Gasteiger partial charge on any atom is 0.0409 e. The molecular formula is C15H24N2. The largest absolute Gasteiger partial charge is 0.385 e. The van der Waals surface area contributed by atoms with E-state index in [1.165, 1.54) is 28.9 Å². The van der Waals surface area contributed by atoms with Crippen molar-refractivity contribution in [1.29, 1.82) is 0 Å². The molecule has 2 nitrogen and oxygen atoms in total. The molecule has 0 spiro atoms. The molecule has 0 fully saturated rings. The third-order valence-corrected chi connectivity index (χ3v) is 3.57. The van der Waals surface area contributed by atoms with Crippen molar-refractivity contribution >= 4 is 11.4 Å². The molecule has 94 valence electrons. The second-order valence-electron chi connectivity index (χ2n) is 6.08. The van der Waals surface area contributed by atoms with E-state index in [0.717, 1.165) is 6.54 Å². The first-order valence-corrected chi connectivity index (χ1v) is 6.56. The number of rotatable bonds is 2. The Bertz CT molecular complexity index is 419. The zero-order chi connectivity index (χ0) is 12.6. The van der Waals surface area contributed by atoms with E-state index in [1.807, 2.05) is 0 Å². The van der Waals surface area contributed by atoms with Crippen molar-refractivity contribution in [1.82, 2.24) is 0 Å². The molecule has 0 bridgehead atoms. The SMILES string of the molecule is Cc1cc(NC(C)C)cc2c1NCCC2(C)C. The normalized spacial score (nSPS) is 17.5. The van der Waals surface area contributed by atoms with E-state index in [2.05, 4.69) is 57.4 Å². The highest BCUT2D eigenvalue weighted by Gasteiger charge is 2.28. The van der Waals surface area contributed by atoms with Gasteiger partial charge in [0, 0.05) is 24.0 Å². The van der Waals surface area contributed by atoms with E-state index < -0.39 is 0 Å². The molecule has 0 aromatic heterocycles. The van der Waals surface area contributed by atoms with E-state index in [4.69, 9.17) is 0 Å². The van der Waals surface area contributed by atoms with Crippen LogP contribution in [0.15, 0.2) is 12.1 Å². The third-order valence-electron chi connectivity index (χ3n) is 3.57. The molecule has 0 saturated heterocycles. The van der Waals surface area contributed by atoms with E-state index in [0.29, 0.717) is 6.04 Å². The first-order valence-electron chi connectivity index (χ1n) is 6.56. The summed E-state index contributed by atoms with van der Waals surface area (Å²) >= 11 is 0. The minimum atomic E-state index is 0.278. The van der Waals surface area contributed by atoms with Gasteiger partial charge in [0.15, 0.2) is 0 Å². The second kappa shape index (κ2) is 4.25. The monoisotopic (exact) mass is 232 g/mol. The van der Waals surface area contributed by atoms with Gasteiger partial charge in [0.2, 0.25) is 0 Å². The first-order chi connectivity index (χ1) is 7.90. The molecular weight excluding hydrogens is 208 g/mol. The second-order valence-corrected chi connectivity index (χ2v) is 6.08. The fourth-order valence-electron chi connectivity index (χ4n) is 2.61. The van der Waals surface area contributed by atoms with Crippen LogP contribution in [0.5, 0.6) is 0 Å². The maximum absolute atomic E-state index is 3.54. The smallest absolute Gasteiger partial charge is 0.0409 e. The molecule has 1 heterocycles. The van der Waals surface area contributed by atoms with Crippen LogP contribution in [0.2, 0.25) is 0 Å². The van der Waals surface area contributed by atoms with Gasteiger partial charge in [-0.25, -0.2) is 0 Å². The van der Waals surface area contributed by atoms with E-state index in [-0.39, 0.29) is 5.41 Å². The minimum Gasteiger partial charge on any atom is -0.385 e. The summed E-state index contributed by atoms with van der Waals surface area (Å²) in [5.41, 5.74) is 5.66. The molecule has 1 aromatic carbocycles. The van der Waals surface area contributed by atoms with Gasteiger partial charge < -0.3 is 10.6 Å². The average molecular weight is 232 g/mol. The van der Waals surface area contributed by atoms with Crippen LogP contribution in [-0.2, 0) is 5.41 Å². The highest BCUT2D eigenvalue weighted by atomic mass is 14.9. The van der Waals surface area contributed by atoms with Gasteiger partial charge in [0.25, 0.3) is 0 Å². The third kappa shape index (κ3) is 2.41. The van der Waals surface area contributed by atoms with E-state index >= 15 is 0 Å². The van der Waals surface area contributed by atoms with Crippen molar-refractivity contribution in [3.8, 4) is 0 Å². The van der Waals surface area contributed by atoms with Crippen molar-refractivity contribution in [2.75, 3.05) is 17.2 Å². The van der Waals surface area contributed by atoms with Crippen LogP contribution < -0.4 is 10.6 Å². The highest BCUT2D eigenvalue weighted by Crippen LogP contribution is 2.40. The summed E-state index contributed by atoms with van der Waals surface area (Å²) in [6.45, 7) is 12.3. The fourth-order valence-corrected chi connectivity index (χ4v) is 2.61. The van der Waals surface area contributed by atoms with Gasteiger partial charge in [0.1, 0.15) is 0 Å². The molecule has 0 aliphatic carbocycles. The summed E-state index contributed by atoms with van der Waals surface area (Å²) in [6, 6.07) is 5.04. The average Bonchev–Trinajstić information content (AvgIpc) is 2.18. The summed E-state index contributed by atoms with van der Waals surface area (Å²) < 4.78 is 0. The van der Waals surface area contributed by atoms with Gasteiger partial charge in [-0.05, 0) is 55.9 Å². The lowest BCUT2D eigenvalue weighted by atomic mass is 9.77. The fraction of sp³-hybridized carbons (Fsp3) is 0.600. The Morgan fingerprint density at radius 2 is 2.00 bits per heavy atom. The van der Waals surface area contributed by atoms with Gasteiger partial charge in [-0.15, -0.1) is 0 Å². The Labute approximate surface area is 105 Å². The van der Waals surface area contributed by atoms with Gasteiger partial charge in [-0.3, -0.25) is 0 Å². The lowest BCUT2D eigenvalue weighted by Crippen LogP contribution is -2.29. The molecule has 0 unspecified atom stereocenters. The van der Waals surface area contributed by atoms with Crippen molar-refractivity contribution in [2.24, 2.45) is 0 Å². The van der Waals surface area contributed by atoms with Crippen LogP contribution in [0.1, 0.15) is 45.2 Å². The lowest BCUT2D eigenvalue weighted by Gasteiger charge is -2.35. The Hall–Kier alpha value is -1.18. The van der Waals surface area contributed by atoms with Gasteiger partial charge in [-0.2, -0.15) is 0 Å². The van der Waals surface area contributed by atoms with E-state index in [9.17, 15) is 0 Å². The van der Waals surface area contributed by atoms with Crippen LogP contribution in [-0.4, -0.2) is 12.6 Å². The van der Waals surface area contributed by atoms with Crippen LogP contribution in [0.3, 0.4) is 0 Å². The maximum atomic E-state index is 3.54. The zero-order valence-corrected chi connectivity index (χ0v) is 11.6. The number of nitrogens with one attached hydrogen (secondary N) is 2. The summed E-state index contributed by atoms with van der Waals surface area (Å²) in [5.74, 6) is 0. The number of hydrogen-bond acceptors (Lipinski definition) is 2. The molecule has 1 aromatic rings. The summed E-state index contributed by atoms with van der Waals surface area (Å²) in [4.78, 5) is 0. The zero-order valence-electron chi connectivity index (χ0n) is 11.6. The van der Waals surface area contributed by atoms with Crippen molar-refractivity contribution in [3.63, 3.8) is 0 Å². The van der Waals surface area contributed by atoms with Crippen molar-refractivity contribution < 1.29 is 0 Å². The minimum absolute atomic E-state index is 0.278. The van der Waals surface area contributed by atoms with Crippen molar-refractivity contribution in [2.45, 2.75) is 52.5 Å². The Morgan fingerprint density at radius 3 is 2.65 bits per heavy atom. The molecule has 0 amide bonds. The number of fused-ring (bicyclic) bond motifs is 1. The lowest BCUT2D eigenvalue weighted by molar-refractivity contribution is 0.481. The summed E-state index contributed by atoms with van der Waals surface area (Å²) in [7, 11) is 0. The first kappa shape index (κ1) is 12.3. The molecule has 17 heavy (non-hydrogen) atoms. The van der Waals surface area contributed by atoms with Crippen LogP contribution in [0, 0.1) is 6.92 Å². The Morgan fingerprint density at radius 1 is 1.29 bits per heavy atom. The van der Waals surface area contributed by atoms with Gasteiger partial charge >= 0.3 is 0 Å². The van der Waals surface area contributed by atoms with Crippen molar-refractivity contribution in [3.05, 3.63) is 23.3 Å². The molecule has 0 radical (unpaired) electrons. The van der Waals surface area contributed by atoms with Crippen LogP contribution >= 0.6 is 0 Å². The summed E-state index contributed by atoms with van der Waals surface area (Å²) in [5, 5.41) is 7.04. The predicted molar refractivity (Wildman–Crippen MR) is 76.1 cm³/mol. The molecule has 2 N–H and O–H groups in total. The quantitative estimate of drug-likeness (QED) is 0.808. The predicted octanol–water partition coefficient (Wildman–Crippen LogP) is 3.91. The molecule has 0 saturated carbocycles. The summed E-state index contributed by atoms with van der Waals surface area (Å²) in [6.07, 6.45) is 1.20. The number of anilines is 2. The van der Waals surface area contributed by atoms with Crippen LogP contribution in [0.25, 0.3) is 0 Å². The number of aryl methyl sites for hydroxylation is 1. The molecule has 1 aliphatic heterocycles. The molecule has 0 atom stereocenters. The van der Waals surface area contributed by atoms with Crippen LogP contribution in [0.4, 0.5) is 11.4 Å². The molecule has 2 rings (SSSR count). The van der Waals surface area contributed by atoms with Gasteiger partial charge in [0.05, 0.1) is 0 Å². The standard InChI is InChI=1S/C15H24N2/c1-10(2)17-12-8-11(3)14-13(9-12)15(4,5)6-7-16-14/h8-10,16-17H,6-7H2,1-5H3. The van der Waals surface area contributed by atoms with Gasteiger partial charge in [-0.1, -0.05) is 13.8 Å². The Kier molecular flexibility index (Phi) is 3.07. The highest BCUT2D eigenvalue weighted by molar-refractivity contribution is 5.68. The molecule has 1 aliphatic rings. The van der Waals surface area contributed by atoms with E-state index in [1.54, 1.807) is 0 Å². The number of benzene rings is 1. The topological polar surface area (TPSA) is 24.1 Å². The molecule has 2 heteroatoms. The number of hydrogen-bond donors (Lipinski definition) is 2.